The van der Waals surface area contributed by atoms with Crippen LogP contribution in [0.4, 0.5) is 9.18 Å². The van der Waals surface area contributed by atoms with E-state index >= 15 is 0 Å². The summed E-state index contributed by atoms with van der Waals surface area (Å²) in [6, 6.07) is 13.9. The van der Waals surface area contributed by atoms with E-state index in [4.69, 9.17) is 19.5 Å². The van der Waals surface area contributed by atoms with Crippen LogP contribution >= 0.6 is 27.0 Å². The van der Waals surface area contributed by atoms with Crippen molar-refractivity contribution in [1.29, 1.82) is 5.26 Å². The van der Waals surface area contributed by atoms with Crippen LogP contribution in [0.3, 0.4) is 0 Å². The maximum atomic E-state index is 13.2. The molecule has 2 aromatic carbocycles. The minimum Gasteiger partial charge on any atom is -0.486 e. The van der Waals surface area contributed by atoms with Crippen LogP contribution < -0.4 is 9.47 Å². The van der Waals surface area contributed by atoms with Crippen molar-refractivity contribution < 1.29 is 23.4 Å². The molecule has 0 unspecified atom stereocenters. The maximum Gasteiger partial charge on any atom is 0.410 e. The Morgan fingerprint density at radius 1 is 1.00 bits per heavy atom. The second-order valence-electron chi connectivity index (χ2n) is 9.61. The predicted molar refractivity (Wildman–Crippen MR) is 148 cm³/mol. The first-order chi connectivity index (χ1) is 17.1. The molecule has 0 saturated carbocycles. The third-order valence-corrected chi connectivity index (χ3v) is 7.20. The molecular formula is C27H34FN3O4S2. The largest absolute Gasteiger partial charge is 0.486 e. The van der Waals surface area contributed by atoms with Gasteiger partial charge in [-0.2, -0.15) is 32.3 Å². The third-order valence-electron chi connectivity index (χ3n) is 7.20. The zero-order valence-corrected chi connectivity index (χ0v) is 22.7. The first kappa shape index (κ1) is 29.0. The van der Waals surface area contributed by atoms with Gasteiger partial charge in [-0.15, -0.1) is 0 Å². The molecule has 1 amide bonds. The number of cyclic esters (lactones) is 1. The third kappa shape index (κ3) is 7.24. The van der Waals surface area contributed by atoms with Crippen LogP contribution in [0, 0.1) is 23.1 Å². The van der Waals surface area contributed by atoms with Crippen LogP contribution in [0.15, 0.2) is 42.5 Å². The van der Waals surface area contributed by atoms with E-state index in [-0.39, 0.29) is 51.0 Å². The molecular weight excluding hydrogens is 513 g/mol. The van der Waals surface area contributed by atoms with Gasteiger partial charge in [0.05, 0.1) is 17.7 Å². The number of likely N-dealkylation sites (tertiary alicyclic amines) is 1. The highest BCUT2D eigenvalue weighted by atomic mass is 32.1. The van der Waals surface area contributed by atoms with Gasteiger partial charge >= 0.3 is 6.09 Å². The molecule has 3 aliphatic heterocycles. The molecule has 0 bridgehead atoms. The van der Waals surface area contributed by atoms with Crippen LogP contribution in [-0.2, 0) is 11.2 Å². The zero-order chi connectivity index (χ0) is 24.2. The van der Waals surface area contributed by atoms with E-state index in [1.807, 2.05) is 4.90 Å². The lowest BCUT2D eigenvalue weighted by molar-refractivity contribution is 0.0465. The van der Waals surface area contributed by atoms with Gasteiger partial charge < -0.3 is 19.1 Å². The van der Waals surface area contributed by atoms with E-state index in [1.54, 1.807) is 30.3 Å². The number of piperidine rings is 1. The van der Waals surface area contributed by atoms with Gasteiger partial charge in [-0.3, -0.25) is 4.90 Å². The molecule has 2 saturated heterocycles. The number of benzene rings is 2. The fourth-order valence-electron chi connectivity index (χ4n) is 5.17. The molecule has 0 N–H and O–H groups in total. The van der Waals surface area contributed by atoms with Crippen LogP contribution in [-0.4, -0.2) is 67.4 Å². The molecule has 3 heterocycles. The number of nitriles is 1. The number of amides is 1. The maximum absolute atomic E-state index is 13.2. The van der Waals surface area contributed by atoms with E-state index in [9.17, 15) is 9.18 Å². The minimum atomic E-state index is -0.253. The summed E-state index contributed by atoms with van der Waals surface area (Å²) in [5.74, 6) is 1.64. The summed E-state index contributed by atoms with van der Waals surface area (Å²) in [6.07, 6.45) is 3.48. The van der Waals surface area contributed by atoms with Gasteiger partial charge in [0.25, 0.3) is 0 Å². The highest BCUT2D eigenvalue weighted by molar-refractivity contribution is 7.59. The second kappa shape index (κ2) is 13.3. The standard InChI is InChI=1S/C27H30FN3O4.2H2S/c28-22-4-1-20(2-5-22)13-23-17-34-27(32)31(23)12-9-19-7-10-30(11-8-19)16-24-18-33-25-6-3-21(15-29)14-26(25)35-24;;/h1-6,14,19,23-24H,7-13,16-18H2;2*1H2/t23-,24-;;/m0../s1. The first-order valence-electron chi connectivity index (χ1n) is 12.3. The lowest BCUT2D eigenvalue weighted by atomic mass is 9.93. The molecule has 0 radical (unpaired) electrons. The Kier molecular flexibility index (Phi) is 10.4. The lowest BCUT2D eigenvalue weighted by Crippen LogP contribution is -2.44. The quantitative estimate of drug-likeness (QED) is 0.517. The summed E-state index contributed by atoms with van der Waals surface area (Å²) in [7, 11) is 0. The predicted octanol–water partition coefficient (Wildman–Crippen LogP) is 4.23. The van der Waals surface area contributed by atoms with Gasteiger partial charge in [-0.25, -0.2) is 9.18 Å². The first-order valence-corrected chi connectivity index (χ1v) is 12.3. The molecule has 2 atom stereocenters. The van der Waals surface area contributed by atoms with Crippen molar-refractivity contribution in [3.8, 4) is 17.6 Å². The number of hydrogen-bond donors (Lipinski definition) is 0. The number of carbonyl (C=O) groups is 1. The molecule has 10 heteroatoms. The summed E-state index contributed by atoms with van der Waals surface area (Å²) in [4.78, 5) is 16.5. The number of halogens is 1. The van der Waals surface area contributed by atoms with Crippen molar-refractivity contribution in [3.63, 3.8) is 0 Å². The van der Waals surface area contributed by atoms with Crippen molar-refractivity contribution in [2.75, 3.05) is 39.4 Å². The van der Waals surface area contributed by atoms with Crippen molar-refractivity contribution in [2.24, 2.45) is 5.92 Å². The number of nitrogens with zero attached hydrogens (tertiary/aromatic N) is 3. The summed E-state index contributed by atoms with van der Waals surface area (Å²) in [6.45, 7) is 4.34. The van der Waals surface area contributed by atoms with Crippen molar-refractivity contribution in [2.45, 2.75) is 37.8 Å². The molecule has 7 nitrogen and oxygen atoms in total. The Labute approximate surface area is 231 Å². The number of ether oxygens (including phenoxy) is 3. The van der Waals surface area contributed by atoms with Crippen LogP contribution in [0.25, 0.3) is 0 Å². The van der Waals surface area contributed by atoms with Gasteiger partial charge in [-0.05, 0) is 74.5 Å². The zero-order valence-electron chi connectivity index (χ0n) is 20.7. The summed E-state index contributed by atoms with van der Waals surface area (Å²) >= 11 is 0. The summed E-state index contributed by atoms with van der Waals surface area (Å²) < 4.78 is 30.4. The van der Waals surface area contributed by atoms with Gasteiger partial charge in [0, 0.05) is 19.2 Å². The Bertz CT molecular complexity index is 1090. The Morgan fingerprint density at radius 2 is 1.76 bits per heavy atom. The highest BCUT2D eigenvalue weighted by Crippen LogP contribution is 2.33. The van der Waals surface area contributed by atoms with Crippen LogP contribution in [0.5, 0.6) is 11.5 Å². The van der Waals surface area contributed by atoms with Gasteiger partial charge in [-0.1, -0.05) is 12.1 Å². The van der Waals surface area contributed by atoms with Gasteiger partial charge in [0.15, 0.2) is 11.5 Å². The number of rotatable bonds is 7. The Balaban J connectivity index is 0.00000190. The SMILES string of the molecule is N#Cc1ccc2c(c1)O[C@@H](CN1CCC(CCN3C(=O)OC[C@@H]3Cc3ccc(F)cc3)CC1)CO2.S.S. The molecule has 0 spiro atoms. The van der Waals surface area contributed by atoms with Gasteiger partial charge in [0.1, 0.15) is 25.1 Å². The fourth-order valence-corrected chi connectivity index (χ4v) is 5.17. The lowest BCUT2D eigenvalue weighted by Gasteiger charge is -2.36. The molecule has 5 rings (SSSR count). The minimum absolute atomic E-state index is 0. The molecule has 2 fully saturated rings. The van der Waals surface area contributed by atoms with E-state index in [0.717, 1.165) is 44.5 Å². The summed E-state index contributed by atoms with van der Waals surface area (Å²) in [5.41, 5.74) is 1.57. The van der Waals surface area contributed by atoms with Crippen LogP contribution in [0.2, 0.25) is 0 Å². The Morgan fingerprint density at radius 3 is 2.49 bits per heavy atom. The average molecular weight is 548 g/mol. The van der Waals surface area contributed by atoms with Gasteiger partial charge in [0.2, 0.25) is 0 Å². The number of hydrogen-bond acceptors (Lipinski definition) is 6. The molecule has 37 heavy (non-hydrogen) atoms. The van der Waals surface area contributed by atoms with Crippen molar-refractivity contribution >= 4 is 33.1 Å². The van der Waals surface area contributed by atoms with Crippen LogP contribution in [0.1, 0.15) is 30.4 Å². The molecule has 0 aromatic heterocycles. The number of carbonyl (C=O) groups excluding carboxylic acids is 1. The van der Waals surface area contributed by atoms with E-state index in [1.165, 1.54) is 12.1 Å². The molecule has 200 valence electrons. The van der Waals surface area contributed by atoms with Crippen molar-refractivity contribution in [3.05, 3.63) is 59.4 Å². The second-order valence-corrected chi connectivity index (χ2v) is 9.61. The van der Waals surface area contributed by atoms with E-state index in [0.29, 0.717) is 49.2 Å². The summed E-state index contributed by atoms with van der Waals surface area (Å²) in [5, 5.41) is 9.11. The average Bonchev–Trinajstić information content (AvgIpc) is 3.23. The van der Waals surface area contributed by atoms with E-state index < -0.39 is 0 Å². The molecule has 2 aromatic rings. The highest BCUT2D eigenvalue weighted by Gasteiger charge is 2.34. The topological polar surface area (TPSA) is 75.0 Å². The Hall–Kier alpha value is -2.61. The van der Waals surface area contributed by atoms with Crippen molar-refractivity contribution in [1.82, 2.24) is 9.80 Å². The normalized spacial score (nSPS) is 21.4. The smallest absolute Gasteiger partial charge is 0.410 e. The monoisotopic (exact) mass is 547 g/mol. The number of fused-ring (bicyclic) bond motifs is 1. The fraction of sp³-hybridized carbons (Fsp3) is 0.481. The van der Waals surface area contributed by atoms with E-state index in [2.05, 4.69) is 11.0 Å². The molecule has 0 aliphatic carbocycles. The molecule has 3 aliphatic rings.